The molecule has 0 bridgehead atoms. The van der Waals surface area contributed by atoms with Crippen molar-refractivity contribution >= 4 is 28.7 Å². The molecule has 7 heteroatoms. The number of carbonyl (C=O) groups excluding carboxylic acids is 3. The second kappa shape index (κ2) is 6.02. The fourth-order valence-electron chi connectivity index (χ4n) is 3.92. The Morgan fingerprint density at radius 3 is 2.50 bits per heavy atom. The number of hydrogen-bond donors (Lipinski definition) is 2. The molecule has 1 atom stereocenters. The van der Waals surface area contributed by atoms with Crippen LogP contribution >= 0.6 is 0 Å². The summed E-state index contributed by atoms with van der Waals surface area (Å²) >= 11 is 0. The van der Waals surface area contributed by atoms with Crippen LogP contribution in [0.15, 0.2) is 24.4 Å². The van der Waals surface area contributed by atoms with Crippen molar-refractivity contribution in [3.05, 3.63) is 41.1 Å². The Balaban J connectivity index is 1.61. The molecule has 0 saturated carbocycles. The highest BCUT2D eigenvalue weighted by atomic mass is 16.2. The maximum absolute atomic E-state index is 12.4. The van der Waals surface area contributed by atoms with Crippen molar-refractivity contribution in [1.82, 2.24) is 20.5 Å². The van der Waals surface area contributed by atoms with Gasteiger partial charge in [0.2, 0.25) is 5.91 Å². The first-order chi connectivity index (χ1) is 13.1. The third kappa shape index (κ3) is 2.82. The molecule has 2 aromatic rings. The minimum absolute atomic E-state index is 0.0107. The molecule has 1 fully saturated rings. The highest BCUT2D eigenvalue weighted by Gasteiger charge is 2.54. The van der Waals surface area contributed by atoms with Gasteiger partial charge in [-0.1, -0.05) is 20.8 Å². The van der Waals surface area contributed by atoms with Crippen LogP contribution in [0.25, 0.3) is 10.9 Å². The van der Waals surface area contributed by atoms with Gasteiger partial charge in [-0.3, -0.25) is 19.9 Å². The predicted octanol–water partition coefficient (Wildman–Crippen LogP) is 1.92. The summed E-state index contributed by atoms with van der Waals surface area (Å²) < 4.78 is 0. The van der Waals surface area contributed by atoms with Crippen molar-refractivity contribution in [2.24, 2.45) is 5.41 Å². The van der Waals surface area contributed by atoms with E-state index in [9.17, 15) is 14.4 Å². The number of pyridine rings is 1. The molecule has 2 aliphatic rings. The van der Waals surface area contributed by atoms with Crippen molar-refractivity contribution in [1.29, 1.82) is 0 Å². The van der Waals surface area contributed by atoms with E-state index in [4.69, 9.17) is 0 Å². The Kier molecular flexibility index (Phi) is 3.96. The molecule has 146 valence electrons. The van der Waals surface area contributed by atoms with Gasteiger partial charge in [-0.25, -0.2) is 4.79 Å². The first kappa shape index (κ1) is 18.4. The van der Waals surface area contributed by atoms with Crippen molar-refractivity contribution in [2.45, 2.75) is 45.7 Å². The average Bonchev–Trinajstić information content (AvgIpc) is 3.10. The van der Waals surface area contributed by atoms with E-state index in [0.717, 1.165) is 27.6 Å². The number of fused-ring (bicyclic) bond motifs is 2. The smallest absolute Gasteiger partial charge is 0.324 e. The standard InChI is InChI=1S/C21H24N4O3/c1-20(2,3)17(26)23-11-12-5-13-6-14-8-21(18(27)24-19(28)25(21)4)9-15(14)7-16(13)22-10-12/h5-7,10H,8-9,11H2,1-4H3,(H,23,26)(H,24,27,28). The lowest BCUT2D eigenvalue weighted by Gasteiger charge is -2.27. The fourth-order valence-corrected chi connectivity index (χ4v) is 3.92. The molecule has 1 aromatic heterocycles. The first-order valence-corrected chi connectivity index (χ1v) is 9.38. The summed E-state index contributed by atoms with van der Waals surface area (Å²) in [5.41, 5.74) is 2.59. The van der Waals surface area contributed by atoms with Crippen molar-refractivity contribution < 1.29 is 14.4 Å². The summed E-state index contributed by atoms with van der Waals surface area (Å²) in [5.74, 6) is -0.248. The Bertz CT molecular complexity index is 1020. The number of carbonyl (C=O) groups is 3. The highest BCUT2D eigenvalue weighted by molar-refractivity contribution is 6.07. The van der Waals surface area contributed by atoms with Crippen LogP contribution in [0.5, 0.6) is 0 Å². The van der Waals surface area contributed by atoms with Crippen LogP contribution in [-0.2, 0) is 29.0 Å². The number of benzene rings is 1. The van der Waals surface area contributed by atoms with Crippen molar-refractivity contribution in [3.63, 3.8) is 0 Å². The van der Waals surface area contributed by atoms with E-state index in [1.54, 1.807) is 13.2 Å². The van der Waals surface area contributed by atoms with Gasteiger partial charge >= 0.3 is 6.03 Å². The highest BCUT2D eigenvalue weighted by Crippen LogP contribution is 2.38. The third-order valence-corrected chi connectivity index (χ3v) is 5.75. The number of rotatable bonds is 2. The van der Waals surface area contributed by atoms with Crippen LogP contribution in [0.3, 0.4) is 0 Å². The SMILES string of the molecule is CN1C(=O)NC(=O)C12Cc1cc3cc(CNC(=O)C(C)(C)C)cnc3cc1C2. The molecule has 1 aromatic carbocycles. The number of imide groups is 1. The summed E-state index contributed by atoms with van der Waals surface area (Å²) in [6.45, 7) is 6.04. The van der Waals surface area contributed by atoms with Gasteiger partial charge < -0.3 is 10.2 Å². The Morgan fingerprint density at radius 1 is 1.21 bits per heavy atom. The topological polar surface area (TPSA) is 91.4 Å². The number of hydrogen-bond acceptors (Lipinski definition) is 4. The molecule has 7 nitrogen and oxygen atoms in total. The maximum atomic E-state index is 12.4. The summed E-state index contributed by atoms with van der Waals surface area (Å²) in [5, 5.41) is 6.32. The molecule has 1 unspecified atom stereocenters. The zero-order valence-corrected chi connectivity index (χ0v) is 16.5. The normalized spacial score (nSPS) is 21.4. The van der Waals surface area contributed by atoms with Gasteiger partial charge in [-0.15, -0.1) is 0 Å². The fraction of sp³-hybridized carbons (Fsp3) is 0.429. The lowest BCUT2D eigenvalue weighted by molar-refractivity contribution is -0.128. The molecule has 1 saturated heterocycles. The monoisotopic (exact) mass is 380 g/mol. The molecule has 1 aliphatic heterocycles. The minimum Gasteiger partial charge on any atom is -0.352 e. The van der Waals surface area contributed by atoms with Crippen LogP contribution in [0.2, 0.25) is 0 Å². The maximum Gasteiger partial charge on any atom is 0.324 e. The summed E-state index contributed by atoms with van der Waals surface area (Å²) in [4.78, 5) is 42.5. The largest absolute Gasteiger partial charge is 0.352 e. The van der Waals surface area contributed by atoms with Gasteiger partial charge in [-0.2, -0.15) is 0 Å². The van der Waals surface area contributed by atoms with Gasteiger partial charge in [0.05, 0.1) is 5.52 Å². The molecule has 28 heavy (non-hydrogen) atoms. The summed E-state index contributed by atoms with van der Waals surface area (Å²) in [6, 6.07) is 5.71. The lowest BCUT2D eigenvalue weighted by atomic mass is 9.95. The van der Waals surface area contributed by atoms with Crippen molar-refractivity contribution in [2.75, 3.05) is 7.05 Å². The molecule has 1 aliphatic carbocycles. The van der Waals surface area contributed by atoms with E-state index in [-0.39, 0.29) is 17.8 Å². The Labute approximate surface area is 163 Å². The molecule has 4 amide bonds. The number of likely N-dealkylation sites (N-methyl/N-ethyl adjacent to an activating group) is 1. The van der Waals surface area contributed by atoms with Crippen LogP contribution in [0.4, 0.5) is 4.79 Å². The van der Waals surface area contributed by atoms with Gasteiger partial charge in [0.1, 0.15) is 5.54 Å². The van der Waals surface area contributed by atoms with Crippen LogP contribution in [-0.4, -0.2) is 40.3 Å². The second-order valence-electron chi connectivity index (χ2n) is 8.79. The molecule has 0 radical (unpaired) electrons. The number of nitrogens with one attached hydrogen (secondary N) is 2. The van der Waals surface area contributed by atoms with Gasteiger partial charge in [-0.05, 0) is 34.9 Å². The molecular formula is C21H24N4O3. The Morgan fingerprint density at radius 2 is 1.89 bits per heavy atom. The minimum atomic E-state index is -0.833. The molecular weight excluding hydrogens is 356 g/mol. The first-order valence-electron chi connectivity index (χ1n) is 9.38. The van der Waals surface area contributed by atoms with Crippen LogP contribution < -0.4 is 10.6 Å². The molecule has 2 N–H and O–H groups in total. The molecule has 2 heterocycles. The van der Waals surface area contributed by atoms with Gasteiger partial charge in [0.15, 0.2) is 0 Å². The van der Waals surface area contributed by atoms with E-state index < -0.39 is 11.0 Å². The van der Waals surface area contributed by atoms with E-state index >= 15 is 0 Å². The number of aromatic nitrogens is 1. The van der Waals surface area contributed by atoms with Gasteiger partial charge in [0.25, 0.3) is 5.91 Å². The van der Waals surface area contributed by atoms with Gasteiger partial charge in [0, 0.05) is 43.4 Å². The van der Waals surface area contributed by atoms with E-state index in [1.807, 2.05) is 39.0 Å². The van der Waals surface area contributed by atoms with Crippen LogP contribution in [0.1, 0.15) is 37.5 Å². The number of urea groups is 1. The summed E-state index contributed by atoms with van der Waals surface area (Å²) in [6.07, 6.45) is 2.76. The summed E-state index contributed by atoms with van der Waals surface area (Å²) in [7, 11) is 1.67. The quantitative estimate of drug-likeness (QED) is 0.779. The van der Waals surface area contributed by atoms with Crippen molar-refractivity contribution in [3.8, 4) is 0 Å². The number of amides is 4. The Hall–Kier alpha value is -2.96. The lowest BCUT2D eigenvalue weighted by Crippen LogP contribution is -2.48. The molecule has 4 rings (SSSR count). The van der Waals surface area contributed by atoms with Crippen LogP contribution in [0, 0.1) is 5.41 Å². The average molecular weight is 380 g/mol. The zero-order valence-electron chi connectivity index (χ0n) is 16.5. The predicted molar refractivity (Wildman–Crippen MR) is 104 cm³/mol. The third-order valence-electron chi connectivity index (χ3n) is 5.75. The zero-order chi connectivity index (χ0) is 20.3. The van der Waals surface area contributed by atoms with E-state index in [1.165, 1.54) is 4.90 Å². The van der Waals surface area contributed by atoms with E-state index in [2.05, 4.69) is 15.6 Å². The van der Waals surface area contributed by atoms with E-state index in [0.29, 0.717) is 19.4 Å². The number of nitrogens with zero attached hydrogens (tertiary/aromatic N) is 2. The second-order valence-corrected chi connectivity index (χ2v) is 8.79. The molecule has 1 spiro atoms.